The average molecular weight is 402 g/mol. The zero-order chi connectivity index (χ0) is 21.0. The van der Waals surface area contributed by atoms with Crippen molar-refractivity contribution >= 4 is 11.8 Å². The first-order valence-electron chi connectivity index (χ1n) is 9.10. The molecule has 8 heteroatoms. The average Bonchev–Trinajstić information content (AvgIpc) is 2.86. The summed E-state index contributed by atoms with van der Waals surface area (Å²) >= 11 is 1.80. The first kappa shape index (κ1) is 23.7. The van der Waals surface area contributed by atoms with E-state index in [2.05, 4.69) is 27.2 Å². The second-order valence-corrected chi connectivity index (χ2v) is 10.6. The Labute approximate surface area is 168 Å². The molecule has 0 radical (unpaired) electrons. The number of thioether (sulfide) groups is 1. The van der Waals surface area contributed by atoms with E-state index in [0.717, 1.165) is 46.4 Å². The second kappa shape index (κ2) is 8.77. The number of hydrogen-bond acceptors (Lipinski definition) is 4. The van der Waals surface area contributed by atoms with E-state index in [9.17, 15) is 10.1 Å². The van der Waals surface area contributed by atoms with Crippen molar-refractivity contribution < 1.29 is 22.8 Å². The summed E-state index contributed by atoms with van der Waals surface area (Å²) in [6.07, 6.45) is 0. The van der Waals surface area contributed by atoms with E-state index in [4.69, 9.17) is 4.42 Å². The van der Waals surface area contributed by atoms with Crippen LogP contribution in [-0.4, -0.2) is 87.1 Å². The van der Waals surface area contributed by atoms with Gasteiger partial charge in [0, 0.05) is 12.7 Å². The van der Waals surface area contributed by atoms with Gasteiger partial charge in [-0.05, 0) is 12.1 Å². The molecule has 7 nitrogen and oxygen atoms in total. The molecule has 0 aromatic carbocycles. The number of nitrogens with zero attached hydrogens (tertiary/aromatic N) is 4. The van der Waals surface area contributed by atoms with Crippen LogP contribution >= 0.6 is 11.8 Å². The van der Waals surface area contributed by atoms with Gasteiger partial charge in [-0.3, -0.25) is 10.1 Å². The number of furan rings is 1. The van der Waals surface area contributed by atoms with Gasteiger partial charge in [0.05, 0.1) is 73.6 Å². The van der Waals surface area contributed by atoms with E-state index in [1.807, 2.05) is 41.3 Å². The first-order chi connectivity index (χ1) is 12.1. The maximum Gasteiger partial charge on any atom is 0.367 e. The van der Waals surface area contributed by atoms with Gasteiger partial charge in [-0.15, -0.1) is 11.8 Å². The highest BCUT2D eigenvalue weighted by molar-refractivity contribution is 7.98. The molecule has 0 amide bonds. The lowest BCUT2D eigenvalue weighted by Crippen LogP contribution is -2.53. The molecule has 0 saturated carbocycles. The lowest BCUT2D eigenvalue weighted by atomic mass is 10.3. The van der Waals surface area contributed by atoms with Crippen LogP contribution in [0.2, 0.25) is 0 Å². The Kier molecular flexibility index (Phi) is 7.69. The Morgan fingerprint density at radius 1 is 1.07 bits per heavy atom. The number of hydrogen-bond donors (Lipinski definition) is 0. The highest BCUT2D eigenvalue weighted by Gasteiger charge is 2.41. The number of allylic oxidation sites excluding steroid dienone is 1. The Hall–Kier alpha value is -1.35. The van der Waals surface area contributed by atoms with Crippen molar-refractivity contribution in [2.45, 2.75) is 19.2 Å². The topological polar surface area (TPSA) is 56.3 Å². The second-order valence-electron chi connectivity index (χ2n) is 9.46. The monoisotopic (exact) mass is 401 g/mol. The molecule has 0 fully saturated rings. The van der Waals surface area contributed by atoms with Crippen molar-refractivity contribution in [2.24, 2.45) is 0 Å². The lowest BCUT2D eigenvalue weighted by Gasteiger charge is -2.36. The third kappa shape index (κ3) is 7.65. The van der Waals surface area contributed by atoms with Crippen molar-refractivity contribution in [2.75, 3.05) is 68.7 Å². The standard InChI is InChI=1S/C19H37N4O3S/c1-16(20(24)25)19(22(5,6)7)23(8,9)12-13-27-15-18-11-10-17(26-18)14-21(2,3)4/h10-11H,12-15H2,1-9H3/q+3/b19-16+. The van der Waals surface area contributed by atoms with E-state index >= 15 is 0 Å². The zero-order valence-corrected chi connectivity index (χ0v) is 19.2. The summed E-state index contributed by atoms with van der Waals surface area (Å²) in [7, 11) is 16.4. The number of nitro groups is 1. The van der Waals surface area contributed by atoms with Crippen molar-refractivity contribution in [1.29, 1.82) is 0 Å². The summed E-state index contributed by atoms with van der Waals surface area (Å²) < 4.78 is 7.69. The van der Waals surface area contributed by atoms with E-state index in [1.54, 1.807) is 18.7 Å². The van der Waals surface area contributed by atoms with E-state index in [1.165, 1.54) is 0 Å². The summed E-state index contributed by atoms with van der Waals surface area (Å²) in [5, 5.41) is 11.4. The van der Waals surface area contributed by atoms with E-state index in [0.29, 0.717) is 8.97 Å². The molecule has 1 rings (SSSR count). The van der Waals surface area contributed by atoms with Crippen LogP contribution in [0.1, 0.15) is 18.4 Å². The van der Waals surface area contributed by atoms with Crippen LogP contribution in [-0.2, 0) is 12.3 Å². The van der Waals surface area contributed by atoms with Crippen molar-refractivity contribution in [3.05, 3.63) is 45.3 Å². The van der Waals surface area contributed by atoms with Crippen LogP contribution in [0, 0.1) is 10.1 Å². The Bertz CT molecular complexity index is 682. The van der Waals surface area contributed by atoms with Gasteiger partial charge in [0.25, 0.3) is 0 Å². The third-order valence-corrected chi connectivity index (χ3v) is 5.15. The fraction of sp³-hybridized carbons (Fsp3) is 0.684. The maximum absolute atomic E-state index is 11.4. The molecule has 0 aliphatic rings. The summed E-state index contributed by atoms with van der Waals surface area (Å²) in [4.78, 5) is 11.1. The van der Waals surface area contributed by atoms with Crippen LogP contribution in [0.4, 0.5) is 0 Å². The van der Waals surface area contributed by atoms with Crippen molar-refractivity contribution in [3.8, 4) is 0 Å². The summed E-state index contributed by atoms with van der Waals surface area (Å²) in [5.41, 5.74) is 0.230. The Morgan fingerprint density at radius 3 is 2.11 bits per heavy atom. The molecule has 154 valence electrons. The van der Waals surface area contributed by atoms with Gasteiger partial charge in [-0.2, -0.15) is 0 Å². The smallest absolute Gasteiger partial charge is 0.367 e. The van der Waals surface area contributed by atoms with Gasteiger partial charge in [0.15, 0.2) is 5.76 Å². The zero-order valence-electron chi connectivity index (χ0n) is 18.4. The van der Waals surface area contributed by atoms with Crippen LogP contribution < -0.4 is 0 Å². The largest absolute Gasteiger partial charge is 0.459 e. The quantitative estimate of drug-likeness (QED) is 0.262. The van der Waals surface area contributed by atoms with Gasteiger partial charge in [0.2, 0.25) is 0 Å². The van der Waals surface area contributed by atoms with Crippen LogP contribution in [0.3, 0.4) is 0 Å². The van der Waals surface area contributed by atoms with Gasteiger partial charge in [-0.25, -0.2) is 8.97 Å². The fourth-order valence-electron chi connectivity index (χ4n) is 3.44. The normalized spacial score (nSPS) is 14.3. The van der Waals surface area contributed by atoms with Crippen molar-refractivity contribution in [1.82, 2.24) is 0 Å². The molecule has 0 aliphatic carbocycles. The molecule has 1 aromatic heterocycles. The predicted octanol–water partition coefficient (Wildman–Crippen LogP) is 2.97. The Morgan fingerprint density at radius 2 is 1.63 bits per heavy atom. The molecule has 0 unspecified atom stereocenters. The van der Waals surface area contributed by atoms with E-state index in [-0.39, 0.29) is 10.6 Å². The number of rotatable bonds is 10. The minimum Gasteiger partial charge on any atom is -0.459 e. The molecule has 0 spiro atoms. The molecule has 0 bridgehead atoms. The minimum atomic E-state index is -0.274. The third-order valence-electron chi connectivity index (χ3n) is 4.19. The van der Waals surface area contributed by atoms with Gasteiger partial charge >= 0.3 is 11.5 Å². The summed E-state index contributed by atoms with van der Waals surface area (Å²) in [6.45, 7) is 3.28. The van der Waals surface area contributed by atoms with Gasteiger partial charge in [0.1, 0.15) is 12.3 Å². The molecule has 0 saturated heterocycles. The SMILES string of the molecule is C/C(=C(/[N+](C)(C)C)[N+](C)(C)CCSCc1ccc(C[N+](C)(C)C)o1)[N+](=O)[O-]. The van der Waals surface area contributed by atoms with Crippen molar-refractivity contribution in [3.63, 3.8) is 0 Å². The van der Waals surface area contributed by atoms with Gasteiger partial charge < -0.3 is 8.90 Å². The molecule has 0 atom stereocenters. The fourth-order valence-corrected chi connectivity index (χ4v) is 4.53. The molecule has 0 aliphatic heterocycles. The number of quaternary nitrogens is 3. The van der Waals surface area contributed by atoms with E-state index < -0.39 is 0 Å². The maximum atomic E-state index is 11.4. The molecule has 27 heavy (non-hydrogen) atoms. The van der Waals surface area contributed by atoms with Gasteiger partial charge in [-0.1, -0.05) is 0 Å². The lowest BCUT2D eigenvalue weighted by molar-refractivity contribution is -1.01. The minimum absolute atomic E-state index is 0.230. The van der Waals surface area contributed by atoms with Crippen LogP contribution in [0.25, 0.3) is 0 Å². The molecule has 1 aromatic rings. The molecular weight excluding hydrogens is 364 g/mol. The summed E-state index contributed by atoms with van der Waals surface area (Å²) in [6, 6.07) is 4.10. The van der Waals surface area contributed by atoms with Crippen LogP contribution in [0.5, 0.6) is 0 Å². The summed E-state index contributed by atoms with van der Waals surface area (Å²) in [5.74, 6) is 4.51. The predicted molar refractivity (Wildman–Crippen MR) is 111 cm³/mol. The Balaban J connectivity index is 2.69. The molecule has 1 heterocycles. The molecule has 0 N–H and O–H groups in total. The first-order valence-corrected chi connectivity index (χ1v) is 10.3. The highest BCUT2D eigenvalue weighted by Crippen LogP contribution is 2.25. The van der Waals surface area contributed by atoms with Crippen LogP contribution in [0.15, 0.2) is 28.1 Å². The highest BCUT2D eigenvalue weighted by atomic mass is 32.2. The molecular formula is C19H37N4O3S+3.